The molecule has 1 aromatic heterocycles. The van der Waals surface area contributed by atoms with Gasteiger partial charge in [-0.15, -0.1) is 11.3 Å². The summed E-state index contributed by atoms with van der Waals surface area (Å²) < 4.78 is 38.5. The lowest BCUT2D eigenvalue weighted by atomic mass is 10.0. The molecular formula is C22H15F3N2OS. The molecular weight excluding hydrogens is 397 g/mol. The molecule has 0 bridgehead atoms. The van der Waals surface area contributed by atoms with Crippen LogP contribution in [0, 0.1) is 0 Å². The van der Waals surface area contributed by atoms with Crippen molar-refractivity contribution in [3.63, 3.8) is 0 Å². The van der Waals surface area contributed by atoms with E-state index in [9.17, 15) is 18.0 Å². The van der Waals surface area contributed by atoms with Gasteiger partial charge in [0.1, 0.15) is 0 Å². The molecule has 0 fully saturated rings. The van der Waals surface area contributed by atoms with E-state index in [1.54, 1.807) is 0 Å². The van der Waals surface area contributed by atoms with Crippen molar-refractivity contribution in [3.05, 3.63) is 83.2 Å². The Hall–Kier alpha value is -3.19. The molecule has 146 valence electrons. The number of benzene rings is 3. The fraction of sp³-hybridized carbons (Fsp3) is 0.0909. The third-order valence-electron chi connectivity index (χ3n) is 4.44. The highest BCUT2D eigenvalue weighted by atomic mass is 32.1. The Morgan fingerprint density at radius 2 is 1.76 bits per heavy atom. The van der Waals surface area contributed by atoms with Crippen molar-refractivity contribution in [1.82, 2.24) is 4.98 Å². The topological polar surface area (TPSA) is 42.0 Å². The zero-order valence-electron chi connectivity index (χ0n) is 15.0. The monoisotopic (exact) mass is 412 g/mol. The SMILES string of the molecule is O=C(Cc1cccc(C(F)(F)F)c1)Nc1nc(-c2cccc3ccccc23)cs1. The number of hydrogen-bond donors (Lipinski definition) is 1. The number of anilines is 1. The largest absolute Gasteiger partial charge is 0.416 e. The molecule has 3 aromatic carbocycles. The summed E-state index contributed by atoms with van der Waals surface area (Å²) in [4.78, 5) is 16.8. The Morgan fingerprint density at radius 3 is 2.59 bits per heavy atom. The number of nitrogens with one attached hydrogen (secondary N) is 1. The normalized spacial score (nSPS) is 11.6. The van der Waals surface area contributed by atoms with E-state index in [-0.39, 0.29) is 6.42 Å². The van der Waals surface area contributed by atoms with E-state index >= 15 is 0 Å². The first-order valence-corrected chi connectivity index (χ1v) is 9.68. The van der Waals surface area contributed by atoms with Gasteiger partial charge >= 0.3 is 6.18 Å². The van der Waals surface area contributed by atoms with Gasteiger partial charge in [-0.25, -0.2) is 4.98 Å². The minimum atomic E-state index is -4.44. The number of rotatable bonds is 4. The quantitative estimate of drug-likeness (QED) is 0.436. The summed E-state index contributed by atoms with van der Waals surface area (Å²) >= 11 is 1.28. The maximum Gasteiger partial charge on any atom is 0.416 e. The number of fused-ring (bicyclic) bond motifs is 1. The summed E-state index contributed by atoms with van der Waals surface area (Å²) in [6.07, 6.45) is -4.59. The van der Waals surface area contributed by atoms with Crippen LogP contribution in [0.4, 0.5) is 18.3 Å². The molecule has 0 spiro atoms. The second-order valence-corrected chi connectivity index (χ2v) is 7.35. The number of alkyl halides is 3. The number of thiazole rings is 1. The number of amides is 1. The van der Waals surface area contributed by atoms with Crippen molar-refractivity contribution in [1.29, 1.82) is 0 Å². The molecule has 1 heterocycles. The Kier molecular flexibility index (Phi) is 5.07. The molecule has 7 heteroatoms. The van der Waals surface area contributed by atoms with Gasteiger partial charge in [-0.2, -0.15) is 13.2 Å². The molecule has 1 N–H and O–H groups in total. The maximum atomic E-state index is 12.8. The Morgan fingerprint density at radius 1 is 1.00 bits per heavy atom. The van der Waals surface area contributed by atoms with E-state index in [0.29, 0.717) is 10.7 Å². The Balaban J connectivity index is 1.50. The third kappa shape index (κ3) is 4.30. The molecule has 0 aliphatic heterocycles. The lowest BCUT2D eigenvalue weighted by Crippen LogP contribution is -2.15. The Labute approximate surface area is 168 Å². The van der Waals surface area contributed by atoms with Crippen LogP contribution in [-0.4, -0.2) is 10.9 Å². The molecule has 0 saturated heterocycles. The van der Waals surface area contributed by atoms with Gasteiger partial charge in [0.05, 0.1) is 17.7 Å². The highest BCUT2D eigenvalue weighted by Crippen LogP contribution is 2.31. The molecule has 0 aliphatic rings. The standard InChI is InChI=1S/C22H15F3N2OS/c23-22(24,25)16-8-3-5-14(11-16)12-20(28)27-21-26-19(13-29-21)18-10-4-7-15-6-1-2-9-17(15)18/h1-11,13H,12H2,(H,26,27,28). The van der Waals surface area contributed by atoms with Gasteiger partial charge in [0.15, 0.2) is 5.13 Å². The van der Waals surface area contributed by atoms with Gasteiger partial charge in [-0.05, 0) is 22.4 Å². The Bertz CT molecular complexity index is 1180. The molecule has 0 unspecified atom stereocenters. The van der Waals surface area contributed by atoms with Gasteiger partial charge in [0.2, 0.25) is 5.91 Å². The van der Waals surface area contributed by atoms with Crippen LogP contribution in [0.3, 0.4) is 0 Å². The summed E-state index contributed by atoms with van der Waals surface area (Å²) in [5, 5.41) is 7.08. The fourth-order valence-electron chi connectivity index (χ4n) is 3.11. The molecule has 0 aliphatic carbocycles. The summed E-state index contributed by atoms with van der Waals surface area (Å²) in [7, 11) is 0. The lowest BCUT2D eigenvalue weighted by molar-refractivity contribution is -0.137. The van der Waals surface area contributed by atoms with Crippen molar-refractivity contribution in [2.75, 3.05) is 5.32 Å². The van der Waals surface area contributed by atoms with Crippen LogP contribution in [0.15, 0.2) is 72.1 Å². The first kappa shape index (κ1) is 19.1. The van der Waals surface area contributed by atoms with Gasteiger partial charge in [-0.3, -0.25) is 4.79 Å². The average Bonchev–Trinajstić information content (AvgIpc) is 3.15. The number of carbonyl (C=O) groups excluding carboxylic acids is 1. The predicted molar refractivity (Wildman–Crippen MR) is 109 cm³/mol. The zero-order chi connectivity index (χ0) is 20.4. The first-order valence-electron chi connectivity index (χ1n) is 8.80. The highest BCUT2D eigenvalue weighted by molar-refractivity contribution is 7.14. The van der Waals surface area contributed by atoms with Crippen molar-refractivity contribution >= 4 is 33.1 Å². The van der Waals surface area contributed by atoms with E-state index < -0.39 is 17.6 Å². The molecule has 29 heavy (non-hydrogen) atoms. The van der Waals surface area contributed by atoms with Crippen LogP contribution in [-0.2, 0) is 17.4 Å². The maximum absolute atomic E-state index is 12.8. The van der Waals surface area contributed by atoms with Crippen LogP contribution in [0.5, 0.6) is 0 Å². The second kappa shape index (κ2) is 7.67. The lowest BCUT2D eigenvalue weighted by Gasteiger charge is -2.08. The molecule has 0 saturated carbocycles. The third-order valence-corrected chi connectivity index (χ3v) is 5.19. The smallest absolute Gasteiger partial charge is 0.302 e. The summed E-state index contributed by atoms with van der Waals surface area (Å²) in [5.41, 5.74) is 1.22. The molecule has 4 rings (SSSR count). The van der Waals surface area contributed by atoms with E-state index in [1.165, 1.54) is 23.5 Å². The van der Waals surface area contributed by atoms with E-state index in [2.05, 4.69) is 10.3 Å². The minimum Gasteiger partial charge on any atom is -0.302 e. The first-order chi connectivity index (χ1) is 13.9. The number of carbonyl (C=O) groups is 1. The molecule has 3 nitrogen and oxygen atoms in total. The van der Waals surface area contributed by atoms with Gasteiger partial charge in [-0.1, -0.05) is 60.7 Å². The summed E-state index contributed by atoms with van der Waals surface area (Å²) in [5.74, 6) is -0.414. The molecule has 0 atom stereocenters. The van der Waals surface area contributed by atoms with Crippen molar-refractivity contribution in [2.45, 2.75) is 12.6 Å². The average molecular weight is 412 g/mol. The van der Waals surface area contributed by atoms with Gasteiger partial charge < -0.3 is 5.32 Å². The number of halogens is 3. The van der Waals surface area contributed by atoms with E-state index in [4.69, 9.17) is 0 Å². The van der Waals surface area contributed by atoms with E-state index in [0.717, 1.165) is 34.2 Å². The van der Waals surface area contributed by atoms with Crippen LogP contribution in [0.2, 0.25) is 0 Å². The second-order valence-electron chi connectivity index (χ2n) is 6.49. The van der Waals surface area contributed by atoms with Crippen LogP contribution < -0.4 is 5.32 Å². The predicted octanol–water partition coefficient (Wildman–Crippen LogP) is 6.16. The summed E-state index contributed by atoms with van der Waals surface area (Å²) in [6, 6.07) is 18.6. The van der Waals surface area contributed by atoms with Gasteiger partial charge in [0.25, 0.3) is 0 Å². The minimum absolute atomic E-state index is 0.160. The molecule has 4 aromatic rings. The number of aromatic nitrogens is 1. The highest BCUT2D eigenvalue weighted by Gasteiger charge is 2.30. The number of hydrogen-bond acceptors (Lipinski definition) is 3. The van der Waals surface area contributed by atoms with E-state index in [1.807, 2.05) is 47.8 Å². The molecule has 1 amide bonds. The van der Waals surface area contributed by atoms with Crippen LogP contribution in [0.25, 0.3) is 22.0 Å². The summed E-state index contributed by atoms with van der Waals surface area (Å²) in [6.45, 7) is 0. The molecule has 0 radical (unpaired) electrons. The van der Waals surface area contributed by atoms with Gasteiger partial charge in [0, 0.05) is 10.9 Å². The number of nitrogens with zero attached hydrogens (tertiary/aromatic N) is 1. The van der Waals surface area contributed by atoms with Crippen molar-refractivity contribution in [2.24, 2.45) is 0 Å². The van der Waals surface area contributed by atoms with Crippen LogP contribution >= 0.6 is 11.3 Å². The van der Waals surface area contributed by atoms with Crippen molar-refractivity contribution in [3.8, 4) is 11.3 Å². The van der Waals surface area contributed by atoms with Crippen molar-refractivity contribution < 1.29 is 18.0 Å². The fourth-order valence-corrected chi connectivity index (χ4v) is 3.84. The zero-order valence-corrected chi connectivity index (χ0v) is 15.8. The van der Waals surface area contributed by atoms with Crippen LogP contribution in [0.1, 0.15) is 11.1 Å².